The van der Waals surface area contributed by atoms with Crippen LogP contribution in [0.15, 0.2) is 0 Å². The number of nitrogens with two attached hydrogens (primary N) is 1. The lowest BCUT2D eigenvalue weighted by Crippen LogP contribution is -2.51. The van der Waals surface area contributed by atoms with Gasteiger partial charge in [0.2, 0.25) is 0 Å². The molecule has 13 heavy (non-hydrogen) atoms. The van der Waals surface area contributed by atoms with Crippen LogP contribution < -0.4 is 5.73 Å². The molecule has 4 atom stereocenters. The summed E-state index contributed by atoms with van der Waals surface area (Å²) >= 11 is 0. The van der Waals surface area contributed by atoms with E-state index in [2.05, 4.69) is 0 Å². The Labute approximate surface area is 85.6 Å². The minimum absolute atomic E-state index is 0. The second-order valence-corrected chi connectivity index (χ2v) is 5.13. The molecular formula is C10H18ClNO. The molecule has 4 fully saturated rings. The van der Waals surface area contributed by atoms with E-state index in [1.165, 1.54) is 25.7 Å². The number of fused-ring (bicyclic) bond motifs is 1. The molecule has 2 N–H and O–H groups in total. The maximum atomic E-state index is 6.34. The Bertz CT molecular complexity index is 193. The van der Waals surface area contributed by atoms with E-state index in [1.54, 1.807) is 0 Å². The number of hydrogen-bond donors (Lipinski definition) is 1. The molecule has 2 saturated carbocycles. The fourth-order valence-corrected chi connectivity index (χ4v) is 3.65. The van der Waals surface area contributed by atoms with E-state index in [9.17, 15) is 0 Å². The molecule has 0 amide bonds. The molecule has 76 valence electrons. The highest BCUT2D eigenvalue weighted by Crippen LogP contribution is 2.47. The third-order valence-corrected chi connectivity index (χ3v) is 3.86. The van der Waals surface area contributed by atoms with Crippen LogP contribution in [-0.4, -0.2) is 18.2 Å². The maximum absolute atomic E-state index is 6.34. The van der Waals surface area contributed by atoms with Crippen LogP contribution in [-0.2, 0) is 4.74 Å². The van der Waals surface area contributed by atoms with Gasteiger partial charge in [0.05, 0.1) is 6.10 Å². The number of halogens is 1. The molecule has 0 radical (unpaired) electrons. The minimum Gasteiger partial charge on any atom is -0.378 e. The second kappa shape index (κ2) is 3.11. The van der Waals surface area contributed by atoms with Gasteiger partial charge in [-0.3, -0.25) is 0 Å². The SMILES string of the molecule is Cl.NC12CC3COC(CC(C3)C1)C2. The van der Waals surface area contributed by atoms with Crippen molar-refractivity contribution in [1.82, 2.24) is 0 Å². The highest BCUT2D eigenvalue weighted by Gasteiger charge is 2.46. The Morgan fingerprint density at radius 1 is 1.08 bits per heavy atom. The minimum atomic E-state index is 0. The molecule has 4 rings (SSSR count). The first-order valence-corrected chi connectivity index (χ1v) is 5.14. The molecule has 2 nitrogen and oxygen atoms in total. The standard InChI is InChI=1S/C10H17NO.ClH/c11-10-3-7-1-8(4-10)6-12-9(2-7)5-10;/h7-9H,1-6,11H2;1H. The van der Waals surface area contributed by atoms with Crippen molar-refractivity contribution in [2.75, 3.05) is 6.61 Å². The Morgan fingerprint density at radius 2 is 1.85 bits per heavy atom. The van der Waals surface area contributed by atoms with E-state index in [0.29, 0.717) is 6.10 Å². The van der Waals surface area contributed by atoms with Gasteiger partial charge < -0.3 is 10.5 Å². The molecule has 2 aliphatic carbocycles. The number of hydrogen-bond acceptors (Lipinski definition) is 2. The molecule has 2 heterocycles. The zero-order valence-corrected chi connectivity index (χ0v) is 8.69. The van der Waals surface area contributed by atoms with E-state index >= 15 is 0 Å². The molecule has 0 spiro atoms. The maximum Gasteiger partial charge on any atom is 0.0595 e. The number of ether oxygens (including phenoxy) is 1. The quantitative estimate of drug-likeness (QED) is 0.651. The fourth-order valence-electron chi connectivity index (χ4n) is 3.65. The molecule has 2 aliphatic heterocycles. The van der Waals surface area contributed by atoms with Crippen molar-refractivity contribution < 1.29 is 4.74 Å². The summed E-state index contributed by atoms with van der Waals surface area (Å²) in [6.07, 6.45) is 6.79. The Balaban J connectivity index is 0.000000653. The van der Waals surface area contributed by atoms with E-state index in [4.69, 9.17) is 10.5 Å². The van der Waals surface area contributed by atoms with Gasteiger partial charge in [-0.05, 0) is 43.9 Å². The monoisotopic (exact) mass is 203 g/mol. The zero-order chi connectivity index (χ0) is 8.18. The van der Waals surface area contributed by atoms with Crippen LogP contribution >= 0.6 is 12.4 Å². The molecular weight excluding hydrogens is 186 g/mol. The van der Waals surface area contributed by atoms with E-state index < -0.39 is 0 Å². The summed E-state index contributed by atoms with van der Waals surface area (Å²) < 4.78 is 5.81. The van der Waals surface area contributed by atoms with Gasteiger partial charge in [-0.2, -0.15) is 0 Å². The van der Waals surface area contributed by atoms with Crippen molar-refractivity contribution in [2.24, 2.45) is 17.6 Å². The van der Waals surface area contributed by atoms with Crippen molar-refractivity contribution in [3.8, 4) is 0 Å². The topological polar surface area (TPSA) is 35.2 Å². The van der Waals surface area contributed by atoms with Gasteiger partial charge >= 0.3 is 0 Å². The van der Waals surface area contributed by atoms with Gasteiger partial charge in [-0.1, -0.05) is 0 Å². The van der Waals surface area contributed by atoms with Gasteiger partial charge in [0.1, 0.15) is 0 Å². The van der Waals surface area contributed by atoms with Crippen molar-refractivity contribution in [3.63, 3.8) is 0 Å². The molecule has 0 aromatic carbocycles. The molecule has 4 unspecified atom stereocenters. The van der Waals surface area contributed by atoms with Crippen LogP contribution in [0.4, 0.5) is 0 Å². The zero-order valence-electron chi connectivity index (χ0n) is 7.87. The fraction of sp³-hybridized carbons (Fsp3) is 1.00. The van der Waals surface area contributed by atoms with Crippen molar-refractivity contribution >= 4 is 12.4 Å². The van der Waals surface area contributed by atoms with Gasteiger partial charge in [-0.15, -0.1) is 12.4 Å². The van der Waals surface area contributed by atoms with Crippen LogP contribution in [0.1, 0.15) is 32.1 Å². The molecule has 4 bridgehead atoms. The predicted octanol–water partition coefficient (Wildman–Crippen LogP) is 1.71. The lowest BCUT2D eigenvalue weighted by molar-refractivity contribution is 0.0247. The summed E-state index contributed by atoms with van der Waals surface area (Å²) in [5.74, 6) is 1.66. The normalized spacial score (nSPS) is 52.8. The third-order valence-electron chi connectivity index (χ3n) is 3.86. The van der Waals surface area contributed by atoms with Gasteiger partial charge in [-0.25, -0.2) is 0 Å². The van der Waals surface area contributed by atoms with E-state index in [0.717, 1.165) is 24.9 Å². The summed E-state index contributed by atoms with van der Waals surface area (Å²) in [6.45, 7) is 0.986. The summed E-state index contributed by atoms with van der Waals surface area (Å²) in [5, 5.41) is 0. The average molecular weight is 204 g/mol. The van der Waals surface area contributed by atoms with Crippen LogP contribution in [0.2, 0.25) is 0 Å². The predicted molar refractivity (Wildman–Crippen MR) is 54.0 cm³/mol. The lowest BCUT2D eigenvalue weighted by atomic mass is 9.64. The molecule has 0 aromatic rings. The molecule has 2 saturated heterocycles. The van der Waals surface area contributed by atoms with Crippen LogP contribution in [0.5, 0.6) is 0 Å². The summed E-state index contributed by atoms with van der Waals surface area (Å²) in [5.41, 5.74) is 6.50. The summed E-state index contributed by atoms with van der Waals surface area (Å²) in [7, 11) is 0. The highest BCUT2D eigenvalue weighted by atomic mass is 35.5. The smallest absolute Gasteiger partial charge is 0.0595 e. The van der Waals surface area contributed by atoms with Gasteiger partial charge in [0, 0.05) is 12.1 Å². The highest BCUT2D eigenvalue weighted by molar-refractivity contribution is 5.85. The van der Waals surface area contributed by atoms with Crippen molar-refractivity contribution in [1.29, 1.82) is 0 Å². The lowest BCUT2D eigenvalue weighted by Gasteiger charge is -2.44. The second-order valence-electron chi connectivity index (χ2n) is 5.13. The van der Waals surface area contributed by atoms with Crippen LogP contribution in [0, 0.1) is 11.8 Å². The van der Waals surface area contributed by atoms with Crippen LogP contribution in [0.3, 0.4) is 0 Å². The van der Waals surface area contributed by atoms with Crippen molar-refractivity contribution in [3.05, 3.63) is 0 Å². The Hall–Kier alpha value is 0.210. The summed E-state index contributed by atoms with van der Waals surface area (Å²) in [6, 6.07) is 0. The van der Waals surface area contributed by atoms with Gasteiger partial charge in [0.15, 0.2) is 0 Å². The summed E-state index contributed by atoms with van der Waals surface area (Å²) in [4.78, 5) is 0. The Kier molecular flexibility index (Phi) is 2.33. The first kappa shape index (κ1) is 9.75. The third kappa shape index (κ3) is 1.60. The largest absolute Gasteiger partial charge is 0.378 e. The number of rotatable bonds is 0. The van der Waals surface area contributed by atoms with E-state index in [-0.39, 0.29) is 17.9 Å². The first-order valence-electron chi connectivity index (χ1n) is 5.14. The van der Waals surface area contributed by atoms with Gasteiger partial charge in [0.25, 0.3) is 0 Å². The first-order chi connectivity index (χ1) is 5.73. The molecule has 0 aromatic heterocycles. The molecule has 3 heteroatoms. The molecule has 4 aliphatic rings. The Morgan fingerprint density at radius 3 is 2.62 bits per heavy atom. The van der Waals surface area contributed by atoms with Crippen LogP contribution in [0.25, 0.3) is 0 Å². The average Bonchev–Trinajstić information content (AvgIpc) is 2.14. The van der Waals surface area contributed by atoms with Crippen molar-refractivity contribution in [2.45, 2.75) is 43.7 Å². The van der Waals surface area contributed by atoms with E-state index in [1.807, 2.05) is 0 Å².